The summed E-state index contributed by atoms with van der Waals surface area (Å²) < 4.78 is 11.5. The summed E-state index contributed by atoms with van der Waals surface area (Å²) in [5.41, 5.74) is 6.73. The summed E-state index contributed by atoms with van der Waals surface area (Å²) >= 11 is 0. The third-order valence-corrected chi connectivity index (χ3v) is 7.40. The zero-order chi connectivity index (χ0) is 27.6. The highest BCUT2D eigenvalue weighted by Gasteiger charge is 2.17. The number of hydrogen-bond acceptors (Lipinski definition) is 7. The summed E-state index contributed by atoms with van der Waals surface area (Å²) in [7, 11) is 2.17. The topological polar surface area (TPSA) is 99.5 Å². The number of fused-ring (bicyclic) bond motifs is 1. The first kappa shape index (κ1) is 25.8. The van der Waals surface area contributed by atoms with Crippen molar-refractivity contribution in [3.63, 3.8) is 0 Å². The first-order valence-corrected chi connectivity index (χ1v) is 13.4. The SMILES string of the molecule is Cc1cc(NC(=O)c2ccc(C)c(Oc3nc(-c4ccoc4)nc4cc[nH]c34)c2)ccc1CN1CCN(C)CC1. The predicted octanol–water partition coefficient (Wildman–Crippen LogP) is 5.63. The Labute approximate surface area is 232 Å². The Kier molecular flexibility index (Phi) is 7.06. The standard InChI is InChI=1S/C31H32N6O3/c1-20-4-5-22(30(38)33-25-7-6-23(21(2)16-25)18-37-13-11-36(3)12-14-37)17-27(20)40-31-28-26(8-10-32-28)34-29(35-31)24-9-15-39-19-24/h4-10,15-17,19,32H,11-14,18H2,1-3H3,(H,33,38). The Hall–Kier alpha value is -4.47. The van der Waals surface area contributed by atoms with Gasteiger partial charge in [0.25, 0.3) is 5.91 Å². The molecule has 1 fully saturated rings. The lowest BCUT2D eigenvalue weighted by Gasteiger charge is -2.32. The number of carbonyl (C=O) groups excluding carboxylic acids is 1. The molecule has 9 nitrogen and oxygen atoms in total. The van der Waals surface area contributed by atoms with Gasteiger partial charge < -0.3 is 24.4 Å². The zero-order valence-corrected chi connectivity index (χ0v) is 22.9. The minimum Gasteiger partial charge on any atom is -0.472 e. The van der Waals surface area contributed by atoms with E-state index in [0.29, 0.717) is 28.5 Å². The molecule has 40 heavy (non-hydrogen) atoms. The number of H-pyrrole nitrogens is 1. The number of aromatic nitrogens is 3. The second kappa shape index (κ2) is 11.0. The highest BCUT2D eigenvalue weighted by molar-refractivity contribution is 6.04. The van der Waals surface area contributed by atoms with Crippen LogP contribution in [0.5, 0.6) is 11.6 Å². The number of likely N-dealkylation sites (N-methyl/N-ethyl adjacent to an activating group) is 1. The number of piperazine rings is 1. The van der Waals surface area contributed by atoms with Gasteiger partial charge in [0, 0.05) is 50.2 Å². The second-order valence-corrected chi connectivity index (χ2v) is 10.4. The lowest BCUT2D eigenvalue weighted by atomic mass is 10.1. The average molecular weight is 537 g/mol. The highest BCUT2D eigenvalue weighted by Crippen LogP contribution is 2.32. The van der Waals surface area contributed by atoms with Gasteiger partial charge >= 0.3 is 0 Å². The van der Waals surface area contributed by atoms with Crippen LogP contribution < -0.4 is 10.1 Å². The molecule has 3 aromatic heterocycles. The predicted molar refractivity (Wildman–Crippen MR) is 155 cm³/mol. The summed E-state index contributed by atoms with van der Waals surface area (Å²) in [6.07, 6.45) is 4.96. The third kappa shape index (κ3) is 5.47. The van der Waals surface area contributed by atoms with Crippen LogP contribution in [-0.4, -0.2) is 63.9 Å². The zero-order valence-electron chi connectivity index (χ0n) is 22.9. The number of anilines is 1. The van der Waals surface area contributed by atoms with Crippen molar-refractivity contribution in [1.82, 2.24) is 24.8 Å². The van der Waals surface area contributed by atoms with Gasteiger partial charge in [0.1, 0.15) is 17.5 Å². The molecule has 204 valence electrons. The molecule has 0 radical (unpaired) electrons. The minimum absolute atomic E-state index is 0.206. The van der Waals surface area contributed by atoms with Crippen LogP contribution in [0.25, 0.3) is 22.4 Å². The Balaban J connectivity index is 1.19. The number of hydrogen-bond donors (Lipinski definition) is 2. The molecule has 6 rings (SSSR count). The number of aromatic amines is 1. The Bertz CT molecular complexity index is 1650. The molecule has 0 aliphatic carbocycles. The fourth-order valence-corrected chi connectivity index (χ4v) is 4.87. The molecule has 2 aromatic carbocycles. The van der Waals surface area contributed by atoms with Gasteiger partial charge in [-0.2, -0.15) is 4.98 Å². The van der Waals surface area contributed by atoms with Gasteiger partial charge in [-0.25, -0.2) is 4.98 Å². The van der Waals surface area contributed by atoms with Crippen molar-refractivity contribution in [2.75, 3.05) is 38.5 Å². The Morgan fingerprint density at radius 1 is 1.02 bits per heavy atom. The number of carbonyl (C=O) groups is 1. The number of amides is 1. The van der Waals surface area contributed by atoms with Crippen LogP contribution in [0.1, 0.15) is 27.0 Å². The van der Waals surface area contributed by atoms with Gasteiger partial charge in [-0.15, -0.1) is 0 Å². The number of furan rings is 1. The van der Waals surface area contributed by atoms with E-state index in [0.717, 1.165) is 60.6 Å². The van der Waals surface area contributed by atoms with Gasteiger partial charge in [0.05, 0.1) is 17.3 Å². The molecule has 1 aliphatic heterocycles. The highest BCUT2D eigenvalue weighted by atomic mass is 16.5. The fraction of sp³-hybridized carbons (Fsp3) is 0.258. The molecule has 1 saturated heterocycles. The number of rotatable bonds is 7. The maximum absolute atomic E-state index is 13.2. The summed E-state index contributed by atoms with van der Waals surface area (Å²) in [4.78, 5) is 30.4. The van der Waals surface area contributed by atoms with Crippen molar-refractivity contribution in [3.8, 4) is 23.0 Å². The molecule has 0 bridgehead atoms. The maximum atomic E-state index is 13.2. The van der Waals surface area contributed by atoms with E-state index in [4.69, 9.17) is 9.15 Å². The smallest absolute Gasteiger partial charge is 0.255 e. The summed E-state index contributed by atoms with van der Waals surface area (Å²) in [5.74, 6) is 1.20. The molecule has 0 atom stereocenters. The number of nitrogens with zero attached hydrogens (tertiary/aromatic N) is 4. The number of nitrogens with one attached hydrogen (secondary N) is 2. The van der Waals surface area contributed by atoms with E-state index in [1.165, 1.54) is 5.56 Å². The molecule has 1 amide bonds. The van der Waals surface area contributed by atoms with Crippen LogP contribution >= 0.6 is 0 Å². The monoisotopic (exact) mass is 536 g/mol. The normalized spacial score (nSPS) is 14.5. The van der Waals surface area contributed by atoms with Crippen LogP contribution in [0.4, 0.5) is 5.69 Å². The van der Waals surface area contributed by atoms with Crippen LogP contribution in [0, 0.1) is 13.8 Å². The van der Waals surface area contributed by atoms with Crippen LogP contribution in [-0.2, 0) is 6.54 Å². The molecule has 0 unspecified atom stereocenters. The molecule has 0 spiro atoms. The maximum Gasteiger partial charge on any atom is 0.255 e. The Morgan fingerprint density at radius 2 is 1.88 bits per heavy atom. The van der Waals surface area contributed by atoms with Gasteiger partial charge in [0.15, 0.2) is 5.82 Å². The first-order valence-electron chi connectivity index (χ1n) is 13.4. The largest absolute Gasteiger partial charge is 0.472 e. The summed E-state index contributed by atoms with van der Waals surface area (Å²) in [5, 5.41) is 3.04. The van der Waals surface area contributed by atoms with Gasteiger partial charge in [-0.3, -0.25) is 9.69 Å². The van der Waals surface area contributed by atoms with E-state index < -0.39 is 0 Å². The summed E-state index contributed by atoms with van der Waals surface area (Å²) in [6.45, 7) is 9.28. The molecule has 0 saturated carbocycles. The van der Waals surface area contributed by atoms with Crippen LogP contribution in [0.2, 0.25) is 0 Å². The van der Waals surface area contributed by atoms with E-state index in [9.17, 15) is 4.79 Å². The molecule has 5 aromatic rings. The fourth-order valence-electron chi connectivity index (χ4n) is 4.87. The molecule has 4 heterocycles. The second-order valence-electron chi connectivity index (χ2n) is 10.4. The Morgan fingerprint density at radius 3 is 2.65 bits per heavy atom. The number of ether oxygens (including phenoxy) is 1. The van der Waals surface area contributed by atoms with Crippen molar-refractivity contribution in [2.24, 2.45) is 0 Å². The summed E-state index contributed by atoms with van der Waals surface area (Å²) in [6, 6.07) is 15.2. The van der Waals surface area contributed by atoms with Gasteiger partial charge in [-0.05, 0) is 74.0 Å². The number of aryl methyl sites for hydroxylation is 2. The van der Waals surface area contributed by atoms with Crippen LogP contribution in [0.15, 0.2) is 71.7 Å². The van der Waals surface area contributed by atoms with E-state index >= 15 is 0 Å². The van der Waals surface area contributed by atoms with Crippen molar-refractivity contribution in [1.29, 1.82) is 0 Å². The molecule has 2 N–H and O–H groups in total. The lowest BCUT2D eigenvalue weighted by Crippen LogP contribution is -2.43. The van der Waals surface area contributed by atoms with Gasteiger partial charge in [0.2, 0.25) is 5.88 Å². The van der Waals surface area contributed by atoms with E-state index in [1.54, 1.807) is 36.9 Å². The quantitative estimate of drug-likeness (QED) is 0.278. The molecular formula is C31H32N6O3. The van der Waals surface area contributed by atoms with Crippen molar-refractivity contribution < 1.29 is 13.9 Å². The minimum atomic E-state index is -0.206. The number of benzene rings is 2. The van der Waals surface area contributed by atoms with Crippen molar-refractivity contribution in [2.45, 2.75) is 20.4 Å². The van der Waals surface area contributed by atoms with E-state index in [1.807, 2.05) is 31.2 Å². The molecule has 9 heteroatoms. The lowest BCUT2D eigenvalue weighted by molar-refractivity contribution is 0.102. The van der Waals surface area contributed by atoms with Crippen LogP contribution in [0.3, 0.4) is 0 Å². The van der Waals surface area contributed by atoms with E-state index in [-0.39, 0.29) is 5.91 Å². The third-order valence-electron chi connectivity index (χ3n) is 7.40. The molecule has 1 aliphatic rings. The van der Waals surface area contributed by atoms with Crippen molar-refractivity contribution in [3.05, 3.63) is 89.5 Å². The van der Waals surface area contributed by atoms with E-state index in [2.05, 4.69) is 50.1 Å². The van der Waals surface area contributed by atoms with Gasteiger partial charge in [-0.1, -0.05) is 12.1 Å². The van der Waals surface area contributed by atoms with Crippen molar-refractivity contribution >= 4 is 22.6 Å². The molecular weight excluding hydrogens is 504 g/mol. The average Bonchev–Trinajstić information content (AvgIpc) is 3.65. The first-order chi connectivity index (χ1) is 19.4.